The lowest BCUT2D eigenvalue weighted by molar-refractivity contribution is 0.0293. The van der Waals surface area contributed by atoms with Crippen molar-refractivity contribution in [1.29, 1.82) is 0 Å². The molecular weight excluding hydrogens is 290 g/mol. The summed E-state index contributed by atoms with van der Waals surface area (Å²) in [6.45, 7) is 4.37. The molecule has 0 aliphatic carbocycles. The highest BCUT2D eigenvalue weighted by Gasteiger charge is 2.28. The number of rotatable bonds is 8. The predicted octanol–water partition coefficient (Wildman–Crippen LogP) is 0.687. The molecular formula is C14H21N3O5. The highest BCUT2D eigenvalue weighted by atomic mass is 16.5. The van der Waals surface area contributed by atoms with Crippen LogP contribution in [0, 0.1) is 0 Å². The van der Waals surface area contributed by atoms with Crippen LogP contribution in [0.2, 0.25) is 0 Å². The number of carboxylic acids is 1. The van der Waals surface area contributed by atoms with E-state index in [1.807, 2.05) is 13.8 Å². The Morgan fingerprint density at radius 3 is 2.09 bits per heavy atom. The number of hydrogen-bond acceptors (Lipinski definition) is 6. The second kappa shape index (κ2) is 8.40. The number of carbonyl (C=O) groups is 2. The number of nitrogens with zero attached hydrogens (tertiary/aromatic N) is 3. The van der Waals surface area contributed by atoms with Crippen LogP contribution in [0.25, 0.3) is 0 Å². The lowest BCUT2D eigenvalue weighted by Crippen LogP contribution is -2.48. The third-order valence-electron chi connectivity index (χ3n) is 3.11. The van der Waals surface area contributed by atoms with Gasteiger partial charge >= 0.3 is 5.97 Å². The molecule has 1 heterocycles. The predicted molar refractivity (Wildman–Crippen MR) is 77.8 cm³/mol. The first-order chi connectivity index (χ1) is 10.4. The van der Waals surface area contributed by atoms with Crippen molar-refractivity contribution in [3.63, 3.8) is 0 Å². The van der Waals surface area contributed by atoms with Crippen LogP contribution in [0.4, 0.5) is 0 Å². The first kappa shape index (κ1) is 18.0. The molecule has 8 nitrogen and oxygen atoms in total. The largest absolute Gasteiger partial charge is 0.477 e. The van der Waals surface area contributed by atoms with Gasteiger partial charge in [0.1, 0.15) is 12.0 Å². The molecule has 0 aliphatic heterocycles. The van der Waals surface area contributed by atoms with Crippen molar-refractivity contribution in [2.45, 2.75) is 25.9 Å². The van der Waals surface area contributed by atoms with Crippen LogP contribution < -0.4 is 0 Å². The van der Waals surface area contributed by atoms with Crippen LogP contribution in [-0.2, 0) is 9.47 Å². The van der Waals surface area contributed by atoms with E-state index in [-0.39, 0.29) is 29.4 Å². The monoisotopic (exact) mass is 311 g/mol. The molecule has 1 N–H and O–H groups in total. The van der Waals surface area contributed by atoms with Crippen LogP contribution >= 0.6 is 0 Å². The van der Waals surface area contributed by atoms with E-state index in [1.54, 1.807) is 19.1 Å². The van der Waals surface area contributed by atoms with Crippen LogP contribution in [0.1, 0.15) is 34.8 Å². The fraction of sp³-hybridized carbons (Fsp3) is 0.571. The van der Waals surface area contributed by atoms with E-state index in [0.29, 0.717) is 13.2 Å². The number of methoxy groups -OCH3 is 2. The molecule has 0 radical (unpaired) electrons. The minimum atomic E-state index is -1.21. The Bertz CT molecular complexity index is 511. The molecule has 1 aromatic heterocycles. The minimum Gasteiger partial charge on any atom is -0.477 e. The van der Waals surface area contributed by atoms with Crippen molar-refractivity contribution in [2.75, 3.05) is 27.4 Å². The average molecular weight is 311 g/mol. The summed E-state index contributed by atoms with van der Waals surface area (Å²) in [5.41, 5.74) is -0.199. The number of carboxylic acid groups (broad SMARTS) is 1. The van der Waals surface area contributed by atoms with Gasteiger partial charge in [-0.2, -0.15) is 0 Å². The number of hydrogen-bond donors (Lipinski definition) is 1. The Labute approximate surface area is 129 Å². The molecule has 0 fully saturated rings. The summed E-state index contributed by atoms with van der Waals surface area (Å²) in [4.78, 5) is 32.7. The molecule has 0 saturated heterocycles. The summed E-state index contributed by atoms with van der Waals surface area (Å²) < 4.78 is 10.2. The van der Waals surface area contributed by atoms with Gasteiger partial charge in [0, 0.05) is 20.3 Å². The highest BCUT2D eigenvalue weighted by Crippen LogP contribution is 2.13. The fourth-order valence-corrected chi connectivity index (χ4v) is 2.20. The van der Waals surface area contributed by atoms with E-state index in [1.165, 1.54) is 0 Å². The quantitative estimate of drug-likeness (QED) is 0.753. The first-order valence-corrected chi connectivity index (χ1v) is 6.78. The molecule has 0 aromatic carbocycles. The molecule has 122 valence electrons. The molecule has 2 atom stereocenters. The molecule has 8 heteroatoms. The summed E-state index contributed by atoms with van der Waals surface area (Å²) in [5, 5.41) is 8.96. The zero-order valence-electron chi connectivity index (χ0n) is 13.1. The van der Waals surface area contributed by atoms with Crippen molar-refractivity contribution in [3.05, 3.63) is 23.8 Å². The highest BCUT2D eigenvalue weighted by molar-refractivity contribution is 5.95. The second-order valence-electron chi connectivity index (χ2n) is 4.91. The van der Waals surface area contributed by atoms with E-state index in [4.69, 9.17) is 14.6 Å². The standard InChI is InChI=1S/C14H21N3O5/c1-9(6-21-3)17(10(2)7-22-4)13(18)11-5-12(14(19)20)16-8-15-11/h5,8-10H,6-7H2,1-4H3,(H,19,20). The van der Waals surface area contributed by atoms with Gasteiger partial charge in [-0.1, -0.05) is 0 Å². The molecule has 2 unspecified atom stereocenters. The Kier molecular flexibility index (Phi) is 6.87. The first-order valence-electron chi connectivity index (χ1n) is 6.78. The molecule has 1 rings (SSSR count). The maximum atomic E-state index is 12.7. The Morgan fingerprint density at radius 2 is 1.64 bits per heavy atom. The SMILES string of the molecule is COCC(C)N(C(=O)c1cc(C(=O)O)ncn1)C(C)COC. The topological polar surface area (TPSA) is 102 Å². The van der Waals surface area contributed by atoms with Crippen molar-refractivity contribution >= 4 is 11.9 Å². The summed E-state index contributed by atoms with van der Waals surface area (Å²) in [7, 11) is 3.10. The van der Waals surface area contributed by atoms with Gasteiger partial charge in [0.25, 0.3) is 5.91 Å². The van der Waals surface area contributed by atoms with Crippen molar-refractivity contribution in [1.82, 2.24) is 14.9 Å². The van der Waals surface area contributed by atoms with Crippen LogP contribution in [-0.4, -0.2) is 71.4 Å². The number of aromatic nitrogens is 2. The lowest BCUT2D eigenvalue weighted by Gasteiger charge is -2.33. The van der Waals surface area contributed by atoms with Gasteiger partial charge in [-0.25, -0.2) is 14.8 Å². The molecule has 22 heavy (non-hydrogen) atoms. The molecule has 0 spiro atoms. The van der Waals surface area contributed by atoms with Gasteiger partial charge in [0.15, 0.2) is 5.69 Å². The van der Waals surface area contributed by atoms with E-state index in [0.717, 1.165) is 12.4 Å². The third-order valence-corrected chi connectivity index (χ3v) is 3.11. The average Bonchev–Trinajstić information content (AvgIpc) is 2.48. The second-order valence-corrected chi connectivity index (χ2v) is 4.91. The lowest BCUT2D eigenvalue weighted by atomic mass is 10.1. The van der Waals surface area contributed by atoms with Crippen LogP contribution in [0.15, 0.2) is 12.4 Å². The summed E-state index contributed by atoms with van der Waals surface area (Å²) >= 11 is 0. The number of amides is 1. The molecule has 1 amide bonds. The molecule has 0 aliphatic rings. The van der Waals surface area contributed by atoms with Gasteiger partial charge in [-0.05, 0) is 13.8 Å². The van der Waals surface area contributed by atoms with Crippen LogP contribution in [0.5, 0.6) is 0 Å². The fourth-order valence-electron chi connectivity index (χ4n) is 2.20. The third kappa shape index (κ3) is 4.47. The van der Waals surface area contributed by atoms with E-state index < -0.39 is 5.97 Å². The molecule has 1 aromatic rings. The van der Waals surface area contributed by atoms with E-state index in [2.05, 4.69) is 9.97 Å². The smallest absolute Gasteiger partial charge is 0.354 e. The molecule has 0 saturated carbocycles. The summed E-state index contributed by atoms with van der Waals surface area (Å²) in [6.07, 6.45) is 1.07. The van der Waals surface area contributed by atoms with Gasteiger partial charge in [0.05, 0.1) is 25.3 Å². The Hall–Kier alpha value is -2.06. The zero-order valence-corrected chi connectivity index (χ0v) is 13.1. The summed E-state index contributed by atoms with van der Waals surface area (Å²) in [6, 6.07) is 0.730. The summed E-state index contributed by atoms with van der Waals surface area (Å²) in [5.74, 6) is -1.60. The van der Waals surface area contributed by atoms with Gasteiger partial charge < -0.3 is 19.5 Å². The zero-order chi connectivity index (χ0) is 16.7. The van der Waals surface area contributed by atoms with Gasteiger partial charge in [-0.3, -0.25) is 4.79 Å². The number of ether oxygens (including phenoxy) is 2. The van der Waals surface area contributed by atoms with Crippen molar-refractivity contribution in [3.8, 4) is 0 Å². The Balaban J connectivity index is 3.10. The van der Waals surface area contributed by atoms with Crippen LogP contribution in [0.3, 0.4) is 0 Å². The van der Waals surface area contributed by atoms with E-state index in [9.17, 15) is 9.59 Å². The number of aromatic carboxylic acids is 1. The molecule has 0 bridgehead atoms. The maximum Gasteiger partial charge on any atom is 0.354 e. The minimum absolute atomic E-state index is 0.0262. The van der Waals surface area contributed by atoms with Gasteiger partial charge in [-0.15, -0.1) is 0 Å². The maximum absolute atomic E-state index is 12.7. The number of carbonyl (C=O) groups excluding carboxylic acids is 1. The van der Waals surface area contributed by atoms with E-state index >= 15 is 0 Å². The van der Waals surface area contributed by atoms with Gasteiger partial charge in [0.2, 0.25) is 0 Å². The Morgan fingerprint density at radius 1 is 1.14 bits per heavy atom. The van der Waals surface area contributed by atoms with Crippen molar-refractivity contribution in [2.24, 2.45) is 0 Å². The normalized spacial score (nSPS) is 13.5. The van der Waals surface area contributed by atoms with Crippen molar-refractivity contribution < 1.29 is 24.2 Å².